The first kappa shape index (κ1) is 16.1. The molecule has 3 nitrogen and oxygen atoms in total. The van der Waals surface area contributed by atoms with Crippen molar-refractivity contribution >= 4 is 11.4 Å². The van der Waals surface area contributed by atoms with Gasteiger partial charge in [-0.1, -0.05) is 0 Å². The Kier molecular flexibility index (Phi) is 5.09. The van der Waals surface area contributed by atoms with E-state index in [1.807, 2.05) is 24.1 Å². The Morgan fingerprint density at radius 2 is 1.86 bits per heavy atom. The van der Waals surface area contributed by atoms with Crippen molar-refractivity contribution in [1.29, 1.82) is 0 Å². The molecule has 2 atom stereocenters. The summed E-state index contributed by atoms with van der Waals surface area (Å²) in [6.45, 7) is 8.28. The van der Waals surface area contributed by atoms with Gasteiger partial charge in [-0.05, 0) is 58.7 Å². The number of hydrogen-bond donors (Lipinski definition) is 1. The second-order valence-corrected chi connectivity index (χ2v) is 6.44. The Bertz CT molecular complexity index is 468. The Morgan fingerprint density at radius 1 is 1.24 bits per heavy atom. The number of benzene rings is 1. The van der Waals surface area contributed by atoms with E-state index >= 15 is 0 Å². The van der Waals surface area contributed by atoms with Crippen molar-refractivity contribution in [2.75, 3.05) is 17.3 Å². The standard InChI is InChI=1S/C17H27FN2O/c1-11(2)20(5)17-7-6-14(10-16(17)18)19-15-8-12(3)21-13(4)9-15/h6-7,10-13,15,19H,8-9H2,1-5H3. The zero-order valence-electron chi connectivity index (χ0n) is 13.7. The van der Waals surface area contributed by atoms with Gasteiger partial charge in [0.2, 0.25) is 0 Å². The van der Waals surface area contributed by atoms with Crippen LogP contribution in [0.4, 0.5) is 15.8 Å². The van der Waals surface area contributed by atoms with Crippen LogP contribution in [0.15, 0.2) is 18.2 Å². The first-order valence-electron chi connectivity index (χ1n) is 7.81. The number of halogens is 1. The molecule has 2 unspecified atom stereocenters. The third-order valence-corrected chi connectivity index (χ3v) is 4.17. The van der Waals surface area contributed by atoms with Gasteiger partial charge in [0.25, 0.3) is 0 Å². The van der Waals surface area contributed by atoms with Crippen LogP contribution in [0.2, 0.25) is 0 Å². The summed E-state index contributed by atoms with van der Waals surface area (Å²) in [5.41, 5.74) is 1.49. The summed E-state index contributed by atoms with van der Waals surface area (Å²) in [6.07, 6.45) is 2.42. The van der Waals surface area contributed by atoms with E-state index in [1.165, 1.54) is 0 Å². The van der Waals surface area contributed by atoms with Gasteiger partial charge in [-0.15, -0.1) is 0 Å². The number of nitrogens with one attached hydrogen (secondary N) is 1. The lowest BCUT2D eigenvalue weighted by Gasteiger charge is -2.33. The van der Waals surface area contributed by atoms with Gasteiger partial charge >= 0.3 is 0 Å². The molecule has 0 saturated carbocycles. The van der Waals surface area contributed by atoms with Crippen LogP contribution in [-0.4, -0.2) is 31.3 Å². The second kappa shape index (κ2) is 6.65. The fraction of sp³-hybridized carbons (Fsp3) is 0.647. The molecule has 1 aliphatic heterocycles. The summed E-state index contributed by atoms with van der Waals surface area (Å²) in [6, 6.07) is 6.03. The lowest BCUT2D eigenvalue weighted by molar-refractivity contribution is -0.0337. The first-order valence-corrected chi connectivity index (χ1v) is 7.81. The van der Waals surface area contributed by atoms with E-state index in [0.29, 0.717) is 11.7 Å². The van der Waals surface area contributed by atoms with E-state index in [1.54, 1.807) is 6.07 Å². The minimum absolute atomic E-state index is 0.177. The molecule has 0 radical (unpaired) electrons. The molecule has 2 rings (SSSR count). The molecule has 0 aromatic heterocycles. The number of rotatable bonds is 4. The van der Waals surface area contributed by atoms with E-state index in [-0.39, 0.29) is 24.1 Å². The molecule has 118 valence electrons. The minimum atomic E-state index is -0.177. The van der Waals surface area contributed by atoms with Gasteiger partial charge < -0.3 is 15.0 Å². The molecular weight excluding hydrogens is 267 g/mol. The van der Waals surface area contributed by atoms with Crippen molar-refractivity contribution < 1.29 is 9.13 Å². The molecular formula is C17H27FN2O. The van der Waals surface area contributed by atoms with Gasteiger partial charge in [-0.3, -0.25) is 0 Å². The monoisotopic (exact) mass is 294 g/mol. The molecule has 1 aliphatic rings. The van der Waals surface area contributed by atoms with E-state index < -0.39 is 0 Å². The summed E-state index contributed by atoms with van der Waals surface area (Å²) < 4.78 is 20.0. The van der Waals surface area contributed by atoms with Crippen molar-refractivity contribution in [3.8, 4) is 0 Å². The maximum atomic E-state index is 14.3. The van der Waals surface area contributed by atoms with Crippen molar-refractivity contribution in [2.24, 2.45) is 0 Å². The molecule has 1 heterocycles. The van der Waals surface area contributed by atoms with Gasteiger partial charge in [-0.2, -0.15) is 0 Å². The highest BCUT2D eigenvalue weighted by Crippen LogP contribution is 2.26. The number of hydrogen-bond acceptors (Lipinski definition) is 3. The predicted octanol–water partition coefficient (Wildman–Crippen LogP) is 4.04. The van der Waals surface area contributed by atoms with Crippen molar-refractivity contribution in [3.05, 3.63) is 24.0 Å². The lowest BCUT2D eigenvalue weighted by Crippen LogP contribution is -2.36. The van der Waals surface area contributed by atoms with Crippen LogP contribution in [0.3, 0.4) is 0 Å². The number of anilines is 2. The summed E-state index contributed by atoms with van der Waals surface area (Å²) in [4.78, 5) is 1.94. The summed E-state index contributed by atoms with van der Waals surface area (Å²) in [5.74, 6) is -0.177. The van der Waals surface area contributed by atoms with Gasteiger partial charge in [0.05, 0.1) is 17.9 Å². The van der Waals surface area contributed by atoms with E-state index in [0.717, 1.165) is 18.5 Å². The molecule has 1 saturated heterocycles. The summed E-state index contributed by atoms with van der Waals surface area (Å²) in [7, 11) is 1.91. The summed E-state index contributed by atoms with van der Waals surface area (Å²) >= 11 is 0. The Labute approximate surface area is 127 Å². The second-order valence-electron chi connectivity index (χ2n) is 6.44. The van der Waals surface area contributed by atoms with Gasteiger partial charge in [0.15, 0.2) is 0 Å². The summed E-state index contributed by atoms with van der Waals surface area (Å²) in [5, 5.41) is 3.44. The fourth-order valence-electron chi connectivity index (χ4n) is 2.92. The minimum Gasteiger partial charge on any atom is -0.382 e. The van der Waals surface area contributed by atoms with Crippen molar-refractivity contribution in [2.45, 2.75) is 64.8 Å². The number of nitrogens with zero attached hydrogens (tertiary/aromatic N) is 1. The van der Waals surface area contributed by atoms with E-state index in [4.69, 9.17) is 4.74 Å². The third kappa shape index (κ3) is 4.10. The maximum Gasteiger partial charge on any atom is 0.148 e. The molecule has 4 heteroatoms. The molecule has 1 aromatic carbocycles. The molecule has 1 aromatic rings. The Morgan fingerprint density at radius 3 is 2.38 bits per heavy atom. The Balaban J connectivity index is 2.06. The first-order chi connectivity index (χ1) is 9.86. The maximum absolute atomic E-state index is 14.3. The Hall–Kier alpha value is -1.29. The molecule has 1 fully saturated rings. The molecule has 0 spiro atoms. The molecule has 0 bridgehead atoms. The van der Waals surface area contributed by atoms with Crippen LogP contribution in [0.5, 0.6) is 0 Å². The molecule has 0 amide bonds. The predicted molar refractivity (Wildman–Crippen MR) is 86.6 cm³/mol. The molecule has 0 aliphatic carbocycles. The van der Waals surface area contributed by atoms with E-state index in [9.17, 15) is 4.39 Å². The third-order valence-electron chi connectivity index (χ3n) is 4.17. The molecule has 21 heavy (non-hydrogen) atoms. The van der Waals surface area contributed by atoms with Crippen LogP contribution in [0.25, 0.3) is 0 Å². The van der Waals surface area contributed by atoms with Gasteiger partial charge in [0, 0.05) is 24.8 Å². The van der Waals surface area contributed by atoms with Crippen LogP contribution in [0.1, 0.15) is 40.5 Å². The normalized spacial score (nSPS) is 26.0. The topological polar surface area (TPSA) is 24.5 Å². The van der Waals surface area contributed by atoms with Crippen LogP contribution in [0, 0.1) is 5.82 Å². The van der Waals surface area contributed by atoms with Gasteiger partial charge in [-0.25, -0.2) is 4.39 Å². The molecule has 1 N–H and O–H groups in total. The van der Waals surface area contributed by atoms with Crippen LogP contribution >= 0.6 is 0 Å². The van der Waals surface area contributed by atoms with E-state index in [2.05, 4.69) is 33.0 Å². The fourth-order valence-corrected chi connectivity index (χ4v) is 2.92. The highest BCUT2D eigenvalue weighted by molar-refractivity contribution is 5.56. The zero-order valence-corrected chi connectivity index (χ0v) is 13.7. The van der Waals surface area contributed by atoms with Crippen LogP contribution < -0.4 is 10.2 Å². The van der Waals surface area contributed by atoms with Crippen molar-refractivity contribution in [3.63, 3.8) is 0 Å². The lowest BCUT2D eigenvalue weighted by atomic mass is 9.99. The largest absolute Gasteiger partial charge is 0.382 e. The SMILES string of the molecule is CC1CC(Nc2ccc(N(C)C(C)C)c(F)c2)CC(C)O1. The number of ether oxygens (including phenoxy) is 1. The van der Waals surface area contributed by atoms with Crippen molar-refractivity contribution in [1.82, 2.24) is 0 Å². The average Bonchev–Trinajstić information content (AvgIpc) is 2.36. The highest BCUT2D eigenvalue weighted by atomic mass is 19.1. The average molecular weight is 294 g/mol. The van der Waals surface area contributed by atoms with Gasteiger partial charge in [0.1, 0.15) is 5.82 Å². The zero-order chi connectivity index (χ0) is 15.6. The smallest absolute Gasteiger partial charge is 0.148 e. The quantitative estimate of drug-likeness (QED) is 0.907. The highest BCUT2D eigenvalue weighted by Gasteiger charge is 2.24. The van der Waals surface area contributed by atoms with Crippen LogP contribution in [-0.2, 0) is 4.74 Å².